The van der Waals surface area contributed by atoms with Gasteiger partial charge in [-0.3, -0.25) is 4.79 Å². The van der Waals surface area contributed by atoms with Crippen molar-refractivity contribution in [2.24, 2.45) is 5.73 Å². The smallest absolute Gasteiger partial charge is 0.220 e. The molecule has 1 aromatic heterocycles. The molecular formula is C20H30ClN3OS. The molecule has 1 amide bonds. The number of nitrogens with zero attached hydrogens (tertiary/aromatic N) is 1. The number of hydrogen-bond donors (Lipinski definition) is 2. The maximum Gasteiger partial charge on any atom is 0.220 e. The van der Waals surface area contributed by atoms with Crippen molar-refractivity contribution in [3.8, 4) is 10.6 Å². The molecule has 3 N–H and O–H groups in total. The summed E-state index contributed by atoms with van der Waals surface area (Å²) in [6.45, 7) is 6.86. The summed E-state index contributed by atoms with van der Waals surface area (Å²) in [7, 11) is 0. The summed E-state index contributed by atoms with van der Waals surface area (Å²) in [6.07, 6.45) is 4.72. The van der Waals surface area contributed by atoms with Crippen molar-refractivity contribution in [1.29, 1.82) is 0 Å². The highest BCUT2D eigenvalue weighted by molar-refractivity contribution is 7.15. The Labute approximate surface area is 167 Å². The largest absolute Gasteiger partial charge is 0.349 e. The van der Waals surface area contributed by atoms with E-state index in [0.717, 1.165) is 53.4 Å². The van der Waals surface area contributed by atoms with Gasteiger partial charge in [0.2, 0.25) is 5.91 Å². The molecule has 2 aromatic rings. The quantitative estimate of drug-likeness (QED) is 0.591. The molecule has 0 saturated heterocycles. The molecular weight excluding hydrogens is 366 g/mol. The van der Waals surface area contributed by atoms with Crippen LogP contribution < -0.4 is 11.1 Å². The number of thiazole rings is 1. The van der Waals surface area contributed by atoms with Crippen LogP contribution in [0.4, 0.5) is 0 Å². The molecule has 0 aliphatic rings. The third kappa shape index (κ3) is 6.71. The number of nitrogens with one attached hydrogen (secondary N) is 1. The van der Waals surface area contributed by atoms with Crippen LogP contribution in [-0.4, -0.2) is 17.4 Å². The lowest BCUT2D eigenvalue weighted by Gasteiger charge is -2.12. The van der Waals surface area contributed by atoms with Gasteiger partial charge >= 0.3 is 0 Å². The van der Waals surface area contributed by atoms with Crippen molar-refractivity contribution in [2.45, 2.75) is 58.9 Å². The second-order valence-corrected chi connectivity index (χ2v) is 7.61. The summed E-state index contributed by atoms with van der Waals surface area (Å²) in [5.74, 6) is 0.116. The number of aryl methyl sites for hydroxylation is 2. The lowest BCUT2D eigenvalue weighted by molar-refractivity contribution is -0.121. The molecule has 144 valence electrons. The third-order valence-electron chi connectivity index (χ3n) is 4.26. The molecule has 6 heteroatoms. The van der Waals surface area contributed by atoms with Crippen LogP contribution in [-0.2, 0) is 4.79 Å². The van der Waals surface area contributed by atoms with E-state index in [-0.39, 0.29) is 24.4 Å². The van der Waals surface area contributed by atoms with E-state index >= 15 is 0 Å². The molecule has 1 unspecified atom stereocenters. The molecule has 0 saturated carbocycles. The first-order valence-corrected chi connectivity index (χ1v) is 9.86. The predicted octanol–water partition coefficient (Wildman–Crippen LogP) is 4.94. The summed E-state index contributed by atoms with van der Waals surface area (Å²) in [5.41, 5.74) is 8.85. The zero-order valence-corrected chi connectivity index (χ0v) is 17.5. The van der Waals surface area contributed by atoms with E-state index in [2.05, 4.69) is 36.5 Å². The number of unbranched alkanes of at least 4 members (excludes halogenated alkanes) is 3. The van der Waals surface area contributed by atoms with Crippen molar-refractivity contribution in [3.63, 3.8) is 0 Å². The van der Waals surface area contributed by atoms with Crippen LogP contribution in [0, 0.1) is 13.8 Å². The number of halogens is 1. The highest BCUT2D eigenvalue weighted by Crippen LogP contribution is 2.31. The summed E-state index contributed by atoms with van der Waals surface area (Å²) >= 11 is 1.66. The van der Waals surface area contributed by atoms with Crippen LogP contribution in [0.15, 0.2) is 24.3 Å². The number of amides is 1. The Hall–Kier alpha value is -1.43. The van der Waals surface area contributed by atoms with Crippen LogP contribution in [0.25, 0.3) is 10.6 Å². The minimum absolute atomic E-state index is 0. The van der Waals surface area contributed by atoms with Crippen molar-refractivity contribution < 1.29 is 4.79 Å². The molecule has 0 radical (unpaired) electrons. The number of aromatic nitrogens is 1. The number of rotatable bonds is 9. The van der Waals surface area contributed by atoms with Crippen LogP contribution >= 0.6 is 23.7 Å². The first-order valence-electron chi connectivity index (χ1n) is 9.05. The van der Waals surface area contributed by atoms with Gasteiger partial charge in [-0.1, -0.05) is 42.7 Å². The van der Waals surface area contributed by atoms with Gasteiger partial charge < -0.3 is 11.1 Å². The van der Waals surface area contributed by atoms with Gasteiger partial charge in [0.1, 0.15) is 5.01 Å². The molecule has 1 heterocycles. The molecule has 1 atom stereocenters. The van der Waals surface area contributed by atoms with Gasteiger partial charge in [0.15, 0.2) is 0 Å². The fraction of sp³-hybridized carbons (Fsp3) is 0.500. The molecule has 4 nitrogen and oxygen atoms in total. The second-order valence-electron chi connectivity index (χ2n) is 6.58. The molecule has 1 aromatic carbocycles. The van der Waals surface area contributed by atoms with Crippen LogP contribution in [0.2, 0.25) is 0 Å². The molecule has 0 spiro atoms. The normalized spacial score (nSPS) is 11.7. The number of carbonyl (C=O) groups is 1. The fourth-order valence-electron chi connectivity index (χ4n) is 2.79. The Morgan fingerprint density at radius 3 is 2.46 bits per heavy atom. The van der Waals surface area contributed by atoms with E-state index in [4.69, 9.17) is 10.7 Å². The van der Waals surface area contributed by atoms with E-state index in [1.165, 1.54) is 5.56 Å². The topological polar surface area (TPSA) is 68.0 Å². The van der Waals surface area contributed by atoms with E-state index in [0.29, 0.717) is 6.42 Å². The SMILES string of the molecule is Cc1ccc(-c2nc(C)c(C(C)NC(=O)CCCCCCN)s2)cc1.Cl. The lowest BCUT2D eigenvalue weighted by atomic mass is 10.1. The monoisotopic (exact) mass is 395 g/mol. The molecule has 0 aliphatic heterocycles. The lowest BCUT2D eigenvalue weighted by Crippen LogP contribution is -2.26. The van der Waals surface area contributed by atoms with Gasteiger partial charge in [-0.05, 0) is 40.2 Å². The zero-order chi connectivity index (χ0) is 18.2. The zero-order valence-electron chi connectivity index (χ0n) is 15.9. The van der Waals surface area contributed by atoms with Crippen LogP contribution in [0.5, 0.6) is 0 Å². The standard InChI is InChI=1S/C20H29N3OS.ClH/c1-14-9-11-17(12-10-14)20-23-16(3)19(25-20)15(2)22-18(24)8-6-4-5-7-13-21;/h9-12,15H,4-8,13,21H2,1-3H3,(H,22,24);1H. The maximum absolute atomic E-state index is 12.1. The van der Waals surface area contributed by atoms with Gasteiger partial charge in [-0.15, -0.1) is 23.7 Å². The van der Waals surface area contributed by atoms with Gasteiger partial charge in [-0.2, -0.15) is 0 Å². The Bertz CT molecular complexity index is 685. The minimum Gasteiger partial charge on any atom is -0.349 e. The van der Waals surface area contributed by atoms with E-state index in [9.17, 15) is 4.79 Å². The average Bonchev–Trinajstić information content (AvgIpc) is 2.97. The van der Waals surface area contributed by atoms with Crippen molar-refractivity contribution in [2.75, 3.05) is 6.54 Å². The number of hydrogen-bond acceptors (Lipinski definition) is 4. The fourth-order valence-corrected chi connectivity index (χ4v) is 3.87. The highest BCUT2D eigenvalue weighted by Gasteiger charge is 2.17. The molecule has 26 heavy (non-hydrogen) atoms. The van der Waals surface area contributed by atoms with Crippen molar-refractivity contribution >= 4 is 29.7 Å². The van der Waals surface area contributed by atoms with Crippen LogP contribution in [0.3, 0.4) is 0 Å². The Kier molecular flexibility index (Phi) is 9.84. The molecule has 0 fully saturated rings. The molecule has 0 bridgehead atoms. The number of carbonyl (C=O) groups excluding carboxylic acids is 1. The second kappa shape index (κ2) is 11.3. The third-order valence-corrected chi connectivity index (χ3v) is 5.65. The van der Waals surface area contributed by atoms with Crippen LogP contribution in [0.1, 0.15) is 61.2 Å². The Balaban J connectivity index is 0.00000338. The number of benzene rings is 1. The highest BCUT2D eigenvalue weighted by atomic mass is 35.5. The summed E-state index contributed by atoms with van der Waals surface area (Å²) < 4.78 is 0. The van der Waals surface area contributed by atoms with E-state index in [1.807, 2.05) is 13.8 Å². The van der Waals surface area contributed by atoms with Gasteiger partial charge in [0.25, 0.3) is 0 Å². The minimum atomic E-state index is -0.00626. The average molecular weight is 396 g/mol. The maximum atomic E-state index is 12.1. The van der Waals surface area contributed by atoms with Crippen molar-refractivity contribution in [1.82, 2.24) is 10.3 Å². The Morgan fingerprint density at radius 1 is 1.15 bits per heavy atom. The van der Waals surface area contributed by atoms with E-state index in [1.54, 1.807) is 11.3 Å². The summed E-state index contributed by atoms with van der Waals surface area (Å²) in [4.78, 5) is 18.0. The first-order chi connectivity index (χ1) is 12.0. The van der Waals surface area contributed by atoms with Gasteiger partial charge in [0, 0.05) is 12.0 Å². The summed E-state index contributed by atoms with van der Waals surface area (Å²) in [6, 6.07) is 8.39. The van der Waals surface area contributed by atoms with Gasteiger partial charge in [0.05, 0.1) is 16.6 Å². The molecule has 2 rings (SSSR count). The molecule has 0 aliphatic carbocycles. The van der Waals surface area contributed by atoms with E-state index < -0.39 is 0 Å². The first kappa shape index (κ1) is 22.6. The Morgan fingerprint density at radius 2 is 1.81 bits per heavy atom. The number of nitrogens with two attached hydrogens (primary N) is 1. The van der Waals surface area contributed by atoms with Gasteiger partial charge in [-0.25, -0.2) is 4.98 Å². The van der Waals surface area contributed by atoms with Crippen molar-refractivity contribution in [3.05, 3.63) is 40.4 Å². The predicted molar refractivity (Wildman–Crippen MR) is 113 cm³/mol. The summed E-state index contributed by atoms with van der Waals surface area (Å²) in [5, 5.41) is 4.12.